The number of likely N-dealkylation sites (N-methyl/N-ethyl adjacent to an activating group) is 1. The number of anilines is 1. The number of hydrogen-bond acceptors (Lipinski definition) is 4. The number of carbonyl (C=O) groups excluding carboxylic acids is 1. The van der Waals surface area contributed by atoms with Crippen LogP contribution in [0.3, 0.4) is 0 Å². The highest BCUT2D eigenvalue weighted by molar-refractivity contribution is 7.59. The van der Waals surface area contributed by atoms with Gasteiger partial charge in [-0.05, 0) is 32.0 Å². The lowest BCUT2D eigenvalue weighted by Crippen LogP contribution is -2.59. The molecule has 0 aromatic heterocycles. The highest BCUT2D eigenvalue weighted by Gasteiger charge is 2.37. The standard InChI is InChI=1S/C19H28N4O.2H2S/c1-15(21-9-7-20(2)8-10-21)19(24)22-11-12-23-17(14-22)13-16-5-3-4-6-18(16)23;;/h3-6,15,17H,7-14H2,1-2H3;2*1H2/t15-,17-;;/m0../s1. The van der Waals surface area contributed by atoms with E-state index in [0.29, 0.717) is 11.9 Å². The maximum absolute atomic E-state index is 13.0. The topological polar surface area (TPSA) is 30.0 Å². The van der Waals surface area contributed by atoms with Crippen molar-refractivity contribution in [2.75, 3.05) is 57.8 Å². The summed E-state index contributed by atoms with van der Waals surface area (Å²) >= 11 is 0. The number of piperazine rings is 2. The summed E-state index contributed by atoms with van der Waals surface area (Å²) in [7, 11) is 2.15. The normalized spacial score (nSPS) is 24.2. The fourth-order valence-electron chi connectivity index (χ4n) is 4.39. The Morgan fingerprint density at radius 2 is 1.73 bits per heavy atom. The van der Waals surface area contributed by atoms with Crippen LogP contribution in [-0.2, 0) is 11.2 Å². The maximum Gasteiger partial charge on any atom is 0.239 e. The molecule has 0 spiro atoms. The number of benzene rings is 1. The number of hydrogen-bond donors (Lipinski definition) is 0. The van der Waals surface area contributed by atoms with Gasteiger partial charge in [-0.2, -0.15) is 27.0 Å². The first-order valence-corrected chi connectivity index (χ1v) is 9.19. The van der Waals surface area contributed by atoms with Gasteiger partial charge in [-0.3, -0.25) is 9.69 Å². The van der Waals surface area contributed by atoms with E-state index < -0.39 is 0 Å². The van der Waals surface area contributed by atoms with E-state index in [1.807, 2.05) is 0 Å². The van der Waals surface area contributed by atoms with Crippen LogP contribution in [0.5, 0.6) is 0 Å². The lowest BCUT2D eigenvalue weighted by Gasteiger charge is -2.42. The van der Waals surface area contributed by atoms with Gasteiger partial charge in [0.25, 0.3) is 0 Å². The van der Waals surface area contributed by atoms with Crippen LogP contribution in [0.2, 0.25) is 0 Å². The Labute approximate surface area is 171 Å². The molecule has 2 atom stereocenters. The molecule has 0 radical (unpaired) electrons. The summed E-state index contributed by atoms with van der Waals surface area (Å²) in [6.07, 6.45) is 1.07. The van der Waals surface area contributed by atoms with Gasteiger partial charge in [-0.1, -0.05) is 18.2 Å². The number of rotatable bonds is 2. The Hall–Kier alpha value is -0.890. The maximum atomic E-state index is 13.0. The summed E-state index contributed by atoms with van der Waals surface area (Å²) in [4.78, 5) is 22.3. The van der Waals surface area contributed by atoms with Gasteiger partial charge in [0.1, 0.15) is 0 Å². The molecule has 1 aromatic rings. The zero-order valence-electron chi connectivity index (χ0n) is 15.8. The second-order valence-electron chi connectivity index (χ2n) is 7.48. The number of fused-ring (bicyclic) bond motifs is 3. The van der Waals surface area contributed by atoms with E-state index in [1.54, 1.807) is 0 Å². The predicted molar refractivity (Wildman–Crippen MR) is 117 cm³/mol. The summed E-state index contributed by atoms with van der Waals surface area (Å²) in [5, 5.41) is 0. The van der Waals surface area contributed by atoms with Gasteiger partial charge in [0.15, 0.2) is 0 Å². The Bertz CT molecular complexity index is 621. The lowest BCUT2D eigenvalue weighted by molar-refractivity contribution is -0.137. The van der Waals surface area contributed by atoms with Crippen LogP contribution in [0, 0.1) is 0 Å². The molecule has 0 aliphatic carbocycles. The van der Waals surface area contributed by atoms with E-state index in [-0.39, 0.29) is 33.0 Å². The zero-order chi connectivity index (χ0) is 16.7. The molecule has 7 heteroatoms. The third-order valence-corrected chi connectivity index (χ3v) is 5.99. The van der Waals surface area contributed by atoms with Crippen LogP contribution in [-0.4, -0.2) is 85.6 Å². The summed E-state index contributed by atoms with van der Waals surface area (Å²) in [6, 6.07) is 9.16. The van der Waals surface area contributed by atoms with E-state index in [1.165, 1.54) is 11.3 Å². The SMILES string of the molecule is C[C@@H](C(=O)N1CCN2c3ccccc3C[C@H]2C1)N1CCN(C)CC1.S.S. The smallest absolute Gasteiger partial charge is 0.239 e. The Balaban J connectivity index is 0.00000121. The summed E-state index contributed by atoms with van der Waals surface area (Å²) in [5.41, 5.74) is 2.81. The van der Waals surface area contributed by atoms with Gasteiger partial charge in [0.05, 0.1) is 12.1 Å². The predicted octanol–water partition coefficient (Wildman–Crippen LogP) is 1.12. The first-order chi connectivity index (χ1) is 11.6. The largest absolute Gasteiger partial charge is 0.364 e. The molecule has 3 aliphatic rings. The minimum Gasteiger partial charge on any atom is -0.364 e. The van der Waals surface area contributed by atoms with Gasteiger partial charge in [0, 0.05) is 51.5 Å². The van der Waals surface area contributed by atoms with Crippen molar-refractivity contribution in [3.05, 3.63) is 29.8 Å². The molecule has 1 amide bonds. The van der Waals surface area contributed by atoms with Crippen LogP contribution in [0.4, 0.5) is 5.69 Å². The van der Waals surface area contributed by atoms with E-state index in [0.717, 1.165) is 52.2 Å². The van der Waals surface area contributed by atoms with Crippen molar-refractivity contribution in [2.45, 2.75) is 25.4 Å². The highest BCUT2D eigenvalue weighted by atomic mass is 32.1. The molecule has 3 heterocycles. The van der Waals surface area contributed by atoms with E-state index in [2.05, 4.69) is 57.8 Å². The first kappa shape index (κ1) is 21.4. The Morgan fingerprint density at radius 3 is 2.46 bits per heavy atom. The fourth-order valence-corrected chi connectivity index (χ4v) is 4.39. The van der Waals surface area contributed by atoms with Crippen molar-refractivity contribution in [1.82, 2.24) is 14.7 Å². The Kier molecular flexibility index (Phi) is 7.30. The van der Waals surface area contributed by atoms with E-state index in [4.69, 9.17) is 0 Å². The molecule has 3 aliphatic heterocycles. The van der Waals surface area contributed by atoms with Crippen LogP contribution in [0.25, 0.3) is 0 Å². The van der Waals surface area contributed by atoms with Crippen LogP contribution < -0.4 is 4.90 Å². The van der Waals surface area contributed by atoms with Crippen molar-refractivity contribution < 1.29 is 4.79 Å². The lowest BCUT2D eigenvalue weighted by atomic mass is 10.1. The van der Waals surface area contributed by atoms with Crippen LogP contribution >= 0.6 is 27.0 Å². The minimum absolute atomic E-state index is 0. The highest BCUT2D eigenvalue weighted by Crippen LogP contribution is 2.34. The fraction of sp³-hybridized carbons (Fsp3) is 0.632. The molecule has 2 fully saturated rings. The second-order valence-corrected chi connectivity index (χ2v) is 7.48. The van der Waals surface area contributed by atoms with E-state index >= 15 is 0 Å². The molecule has 0 unspecified atom stereocenters. The average Bonchev–Trinajstić information content (AvgIpc) is 2.99. The van der Waals surface area contributed by atoms with Crippen molar-refractivity contribution in [3.63, 3.8) is 0 Å². The van der Waals surface area contributed by atoms with Gasteiger partial charge in [-0.15, -0.1) is 0 Å². The molecular weight excluding hydrogens is 364 g/mol. The summed E-state index contributed by atoms with van der Waals surface area (Å²) in [6.45, 7) is 8.88. The Morgan fingerprint density at radius 1 is 1.04 bits per heavy atom. The number of carbonyl (C=O) groups is 1. The van der Waals surface area contributed by atoms with Gasteiger partial charge in [-0.25, -0.2) is 0 Å². The minimum atomic E-state index is 0. The third kappa shape index (κ3) is 4.01. The summed E-state index contributed by atoms with van der Waals surface area (Å²) < 4.78 is 0. The first-order valence-electron chi connectivity index (χ1n) is 9.19. The number of amides is 1. The zero-order valence-corrected chi connectivity index (χ0v) is 17.8. The monoisotopic (exact) mass is 396 g/mol. The molecule has 4 rings (SSSR count). The molecule has 0 bridgehead atoms. The number of nitrogens with zero attached hydrogens (tertiary/aromatic N) is 4. The third-order valence-electron chi connectivity index (χ3n) is 5.99. The van der Waals surface area contributed by atoms with Gasteiger partial charge in [0.2, 0.25) is 5.91 Å². The van der Waals surface area contributed by atoms with Crippen molar-refractivity contribution >= 4 is 38.6 Å². The van der Waals surface area contributed by atoms with Gasteiger partial charge >= 0.3 is 0 Å². The van der Waals surface area contributed by atoms with Gasteiger partial charge < -0.3 is 14.7 Å². The van der Waals surface area contributed by atoms with Crippen LogP contribution in [0.1, 0.15) is 12.5 Å². The number of para-hydroxylation sites is 1. The van der Waals surface area contributed by atoms with Crippen molar-refractivity contribution in [2.24, 2.45) is 0 Å². The molecule has 2 saturated heterocycles. The average molecular weight is 397 g/mol. The second kappa shape index (κ2) is 8.87. The molecule has 5 nitrogen and oxygen atoms in total. The van der Waals surface area contributed by atoms with E-state index in [9.17, 15) is 4.79 Å². The molecule has 0 N–H and O–H groups in total. The van der Waals surface area contributed by atoms with Crippen molar-refractivity contribution in [1.29, 1.82) is 0 Å². The summed E-state index contributed by atoms with van der Waals surface area (Å²) in [5.74, 6) is 0.315. The van der Waals surface area contributed by atoms with Crippen molar-refractivity contribution in [3.8, 4) is 0 Å². The molecule has 146 valence electrons. The molecule has 1 aromatic carbocycles. The quantitative estimate of drug-likeness (QED) is 0.750. The molecule has 0 saturated carbocycles. The molecular formula is C19H32N4OS2. The molecule has 26 heavy (non-hydrogen) atoms. The van der Waals surface area contributed by atoms with Crippen LogP contribution in [0.15, 0.2) is 24.3 Å².